The van der Waals surface area contributed by atoms with Gasteiger partial charge < -0.3 is 10.1 Å². The third-order valence-electron chi connectivity index (χ3n) is 4.25. The van der Waals surface area contributed by atoms with E-state index < -0.39 is 24.0 Å². The van der Waals surface area contributed by atoms with E-state index >= 15 is 0 Å². The Bertz CT molecular complexity index is 1060. The molecule has 3 amide bonds. The molecule has 1 aromatic heterocycles. The van der Waals surface area contributed by atoms with Crippen molar-refractivity contribution in [2.24, 2.45) is 0 Å². The van der Waals surface area contributed by atoms with Crippen molar-refractivity contribution in [3.8, 4) is 0 Å². The number of para-hydroxylation sites is 1. The third-order valence-corrected chi connectivity index (χ3v) is 4.25. The average Bonchev–Trinajstić information content (AvgIpc) is 3.10. The minimum Gasteiger partial charge on any atom is -0.449 e. The number of aromatic nitrogens is 3. The topological polar surface area (TPSA) is 115 Å². The Kier molecular flexibility index (Phi) is 6.41. The van der Waals surface area contributed by atoms with Gasteiger partial charge in [0.2, 0.25) is 0 Å². The number of ether oxygens (including phenoxy) is 1. The van der Waals surface area contributed by atoms with Gasteiger partial charge in [-0.25, -0.2) is 14.3 Å². The summed E-state index contributed by atoms with van der Waals surface area (Å²) in [7, 11) is 0. The Morgan fingerprint density at radius 2 is 1.73 bits per heavy atom. The summed E-state index contributed by atoms with van der Waals surface area (Å²) in [6, 6.07) is 13.7. The van der Waals surface area contributed by atoms with Crippen LogP contribution in [0.5, 0.6) is 0 Å². The van der Waals surface area contributed by atoms with Gasteiger partial charge in [-0.15, -0.1) is 5.10 Å². The monoisotopic (exact) mass is 409 g/mol. The van der Waals surface area contributed by atoms with Gasteiger partial charge in [-0.2, -0.15) is 0 Å². The molecule has 0 unspecified atom stereocenters. The lowest BCUT2D eigenvalue weighted by Crippen LogP contribution is -2.46. The van der Waals surface area contributed by atoms with Crippen LogP contribution < -0.4 is 10.6 Å². The number of benzene rings is 2. The lowest BCUT2D eigenvalue weighted by atomic mass is 10.1. The summed E-state index contributed by atoms with van der Waals surface area (Å²) in [5, 5.41) is 12.9. The zero-order chi connectivity index (χ0) is 21.7. The fourth-order valence-corrected chi connectivity index (χ4v) is 2.75. The van der Waals surface area contributed by atoms with Gasteiger partial charge in [-0.1, -0.05) is 29.5 Å². The van der Waals surface area contributed by atoms with Crippen LogP contribution >= 0.6 is 0 Å². The highest BCUT2D eigenvalue weighted by Crippen LogP contribution is 2.13. The van der Waals surface area contributed by atoms with E-state index in [1.807, 2.05) is 24.3 Å². The molecule has 3 rings (SSSR count). The van der Waals surface area contributed by atoms with Gasteiger partial charge in [-0.05, 0) is 50.6 Å². The highest BCUT2D eigenvalue weighted by molar-refractivity contribution is 5.98. The number of nitrogens with zero attached hydrogens (tertiary/aromatic N) is 3. The first-order chi connectivity index (χ1) is 14.3. The number of fused-ring (bicyclic) bond motifs is 1. The predicted octanol–water partition coefficient (Wildman–Crippen LogP) is 2.26. The second kappa shape index (κ2) is 9.17. The van der Waals surface area contributed by atoms with Crippen molar-refractivity contribution in [3.63, 3.8) is 0 Å². The van der Waals surface area contributed by atoms with Gasteiger partial charge in [0.25, 0.3) is 5.91 Å². The Morgan fingerprint density at radius 3 is 2.43 bits per heavy atom. The van der Waals surface area contributed by atoms with Crippen LogP contribution in [0.25, 0.3) is 11.0 Å². The Morgan fingerprint density at radius 1 is 1.03 bits per heavy atom. The standard InChI is InChI=1S/C21H23N5O4/c1-13(2)22-21(29)23-19(27)14(3)30-20(28)16-10-8-15(9-11-16)12-26-18-7-5-4-6-17(18)24-25-26/h4-11,13-14H,12H2,1-3H3,(H2,22,23,27,29)/t14-/m1/s1. The van der Waals surface area contributed by atoms with Crippen molar-refractivity contribution in [1.82, 2.24) is 25.6 Å². The first kappa shape index (κ1) is 21.0. The highest BCUT2D eigenvalue weighted by Gasteiger charge is 2.21. The number of rotatable bonds is 6. The maximum absolute atomic E-state index is 12.3. The molecule has 0 aliphatic rings. The van der Waals surface area contributed by atoms with Crippen molar-refractivity contribution in [1.29, 1.82) is 0 Å². The van der Waals surface area contributed by atoms with E-state index in [1.54, 1.807) is 42.8 Å². The van der Waals surface area contributed by atoms with Gasteiger partial charge in [0, 0.05) is 6.04 Å². The van der Waals surface area contributed by atoms with Crippen molar-refractivity contribution < 1.29 is 19.1 Å². The van der Waals surface area contributed by atoms with E-state index in [2.05, 4.69) is 20.9 Å². The van der Waals surface area contributed by atoms with Crippen LogP contribution in [0, 0.1) is 0 Å². The lowest BCUT2D eigenvalue weighted by molar-refractivity contribution is -0.127. The number of nitrogens with one attached hydrogen (secondary N) is 2. The maximum atomic E-state index is 12.3. The predicted molar refractivity (Wildman–Crippen MR) is 110 cm³/mol. The Balaban J connectivity index is 1.58. The molecule has 0 saturated heterocycles. The molecule has 0 bridgehead atoms. The maximum Gasteiger partial charge on any atom is 0.338 e. The van der Waals surface area contributed by atoms with Crippen LogP contribution in [0.15, 0.2) is 48.5 Å². The number of amides is 3. The summed E-state index contributed by atoms with van der Waals surface area (Å²) in [4.78, 5) is 35.9. The summed E-state index contributed by atoms with van der Waals surface area (Å²) in [6.07, 6.45) is -1.11. The Hall–Kier alpha value is -3.75. The van der Waals surface area contributed by atoms with E-state index in [9.17, 15) is 14.4 Å². The largest absolute Gasteiger partial charge is 0.449 e. The van der Waals surface area contributed by atoms with E-state index in [4.69, 9.17) is 4.74 Å². The fourth-order valence-electron chi connectivity index (χ4n) is 2.75. The third kappa shape index (κ3) is 5.19. The second-order valence-electron chi connectivity index (χ2n) is 7.10. The molecule has 2 N–H and O–H groups in total. The minimum atomic E-state index is -1.11. The molecule has 2 aromatic carbocycles. The van der Waals surface area contributed by atoms with E-state index in [0.717, 1.165) is 16.6 Å². The summed E-state index contributed by atoms with van der Waals surface area (Å²) in [5.41, 5.74) is 2.96. The molecule has 0 radical (unpaired) electrons. The van der Waals surface area contributed by atoms with Gasteiger partial charge in [0.15, 0.2) is 6.10 Å². The number of esters is 1. The van der Waals surface area contributed by atoms with E-state index in [1.165, 1.54) is 6.92 Å². The second-order valence-corrected chi connectivity index (χ2v) is 7.10. The van der Waals surface area contributed by atoms with Crippen LogP contribution in [0.1, 0.15) is 36.7 Å². The van der Waals surface area contributed by atoms with Crippen LogP contribution in [0.4, 0.5) is 4.79 Å². The molecule has 0 aliphatic carbocycles. The number of carbonyl (C=O) groups is 3. The minimum absolute atomic E-state index is 0.121. The molecular formula is C21H23N5O4. The number of carbonyl (C=O) groups excluding carboxylic acids is 3. The molecule has 30 heavy (non-hydrogen) atoms. The zero-order valence-corrected chi connectivity index (χ0v) is 17.0. The van der Waals surface area contributed by atoms with Gasteiger partial charge in [0.05, 0.1) is 17.6 Å². The number of imide groups is 1. The average molecular weight is 409 g/mol. The molecule has 9 nitrogen and oxygen atoms in total. The van der Waals surface area contributed by atoms with Crippen LogP contribution in [-0.2, 0) is 16.1 Å². The summed E-state index contributed by atoms with van der Waals surface area (Å²) in [5.74, 6) is -1.35. The van der Waals surface area contributed by atoms with Crippen LogP contribution in [0.2, 0.25) is 0 Å². The highest BCUT2D eigenvalue weighted by atomic mass is 16.5. The first-order valence-corrected chi connectivity index (χ1v) is 9.53. The number of hydrogen-bond donors (Lipinski definition) is 2. The fraction of sp³-hybridized carbons (Fsp3) is 0.286. The van der Waals surface area contributed by atoms with Crippen molar-refractivity contribution in [2.45, 2.75) is 39.5 Å². The van der Waals surface area contributed by atoms with Gasteiger partial charge in [-0.3, -0.25) is 10.1 Å². The molecular weight excluding hydrogens is 386 g/mol. The molecule has 156 valence electrons. The van der Waals surface area contributed by atoms with Crippen LogP contribution in [0.3, 0.4) is 0 Å². The summed E-state index contributed by atoms with van der Waals surface area (Å²) >= 11 is 0. The lowest BCUT2D eigenvalue weighted by Gasteiger charge is -2.14. The van der Waals surface area contributed by atoms with Crippen molar-refractivity contribution in [3.05, 3.63) is 59.7 Å². The number of urea groups is 1. The van der Waals surface area contributed by atoms with Crippen molar-refractivity contribution >= 4 is 28.9 Å². The molecule has 0 aliphatic heterocycles. The van der Waals surface area contributed by atoms with Gasteiger partial charge in [0.1, 0.15) is 5.52 Å². The smallest absolute Gasteiger partial charge is 0.338 e. The zero-order valence-electron chi connectivity index (χ0n) is 17.0. The van der Waals surface area contributed by atoms with E-state index in [-0.39, 0.29) is 6.04 Å². The SMILES string of the molecule is CC(C)NC(=O)NC(=O)[C@@H](C)OC(=O)c1ccc(Cn2nnc3ccccc32)cc1. The van der Waals surface area contributed by atoms with Crippen molar-refractivity contribution in [2.75, 3.05) is 0 Å². The first-order valence-electron chi connectivity index (χ1n) is 9.53. The quantitative estimate of drug-likeness (QED) is 0.604. The van der Waals surface area contributed by atoms with Crippen LogP contribution in [-0.4, -0.2) is 45.0 Å². The van der Waals surface area contributed by atoms with Gasteiger partial charge >= 0.3 is 12.0 Å². The molecule has 0 saturated carbocycles. The molecule has 9 heteroatoms. The molecule has 1 heterocycles. The summed E-state index contributed by atoms with van der Waals surface area (Å²) in [6.45, 7) is 5.44. The Labute approximate surface area is 173 Å². The molecule has 3 aromatic rings. The number of hydrogen-bond acceptors (Lipinski definition) is 6. The molecule has 0 fully saturated rings. The normalized spacial score (nSPS) is 11.9. The molecule has 0 spiro atoms. The molecule has 1 atom stereocenters. The summed E-state index contributed by atoms with van der Waals surface area (Å²) < 4.78 is 6.92. The van der Waals surface area contributed by atoms with E-state index in [0.29, 0.717) is 12.1 Å².